The minimum atomic E-state index is -0.319. The van der Waals surface area contributed by atoms with Gasteiger partial charge in [0.2, 0.25) is 5.91 Å². The molecule has 1 aliphatic rings. The summed E-state index contributed by atoms with van der Waals surface area (Å²) in [6.45, 7) is 7.08. The maximum Gasteiger partial charge on any atom is 0.322 e. The molecule has 206 valence electrons. The number of amides is 3. The first-order chi connectivity index (χ1) is 19.5. The number of urea groups is 1. The van der Waals surface area contributed by atoms with Crippen LogP contribution >= 0.6 is 0 Å². The number of aryl methyl sites for hydroxylation is 1. The van der Waals surface area contributed by atoms with Crippen molar-refractivity contribution >= 4 is 23.3 Å². The lowest BCUT2D eigenvalue weighted by molar-refractivity contribution is -0.119. The van der Waals surface area contributed by atoms with Crippen molar-refractivity contribution in [3.05, 3.63) is 108 Å². The van der Waals surface area contributed by atoms with Crippen LogP contribution in [-0.2, 0) is 4.79 Å². The first kappa shape index (κ1) is 27.1. The number of carbonyl (C=O) groups is 2. The fraction of sp³-hybridized carbons (Fsp3) is 0.273. The van der Waals surface area contributed by atoms with Crippen molar-refractivity contribution in [2.45, 2.75) is 39.7 Å². The molecule has 0 fully saturated rings. The third-order valence-electron chi connectivity index (χ3n) is 7.19. The molecule has 0 bridgehead atoms. The molecule has 1 aromatic heterocycles. The molecular formula is C33H36N4O3. The summed E-state index contributed by atoms with van der Waals surface area (Å²) in [4.78, 5) is 31.2. The molecule has 2 heterocycles. The standard InChI is InChI=1S/C33H36N4O3/c1-4-6-21-35(33(39)34-26-17-19-27(20-18-26)40-5-2)23-31(38)37-29-11-8-7-10-28(29)36-22-9-12-30(36)32(37)25-15-13-24(3)14-16-25/h7-20,22,32H,4-6,21,23H2,1-3H3,(H,34,39). The largest absolute Gasteiger partial charge is 0.494 e. The predicted octanol–water partition coefficient (Wildman–Crippen LogP) is 6.95. The molecule has 1 aliphatic heterocycles. The van der Waals surface area contributed by atoms with E-state index in [9.17, 15) is 9.59 Å². The van der Waals surface area contributed by atoms with Crippen LogP contribution in [0, 0.1) is 6.92 Å². The van der Waals surface area contributed by atoms with E-state index in [1.807, 2.05) is 72.6 Å². The maximum atomic E-state index is 14.3. The van der Waals surface area contributed by atoms with Crippen molar-refractivity contribution in [1.82, 2.24) is 9.47 Å². The molecule has 0 saturated carbocycles. The second kappa shape index (κ2) is 12.1. The van der Waals surface area contributed by atoms with Crippen molar-refractivity contribution < 1.29 is 14.3 Å². The Morgan fingerprint density at radius 1 is 0.900 bits per heavy atom. The van der Waals surface area contributed by atoms with Crippen molar-refractivity contribution in [2.75, 3.05) is 29.9 Å². The van der Waals surface area contributed by atoms with Crippen LogP contribution in [0.1, 0.15) is 49.6 Å². The van der Waals surface area contributed by atoms with Gasteiger partial charge in [0.05, 0.1) is 23.7 Å². The van der Waals surface area contributed by atoms with Crippen molar-refractivity contribution in [1.29, 1.82) is 0 Å². The molecule has 40 heavy (non-hydrogen) atoms. The van der Waals surface area contributed by atoms with Gasteiger partial charge in [0.15, 0.2) is 0 Å². The second-order valence-corrected chi connectivity index (χ2v) is 10.0. The summed E-state index contributed by atoms with van der Waals surface area (Å²) in [5.74, 6) is 0.609. The van der Waals surface area contributed by atoms with E-state index in [-0.39, 0.29) is 24.5 Å². The number of rotatable bonds is 9. The molecule has 3 aromatic carbocycles. The van der Waals surface area contributed by atoms with Gasteiger partial charge in [-0.25, -0.2) is 4.79 Å². The summed E-state index contributed by atoms with van der Waals surface area (Å²) in [5, 5.41) is 2.96. The van der Waals surface area contributed by atoms with E-state index in [1.165, 1.54) is 0 Å². The van der Waals surface area contributed by atoms with Crippen LogP contribution in [0.15, 0.2) is 91.1 Å². The number of anilines is 2. The number of aromatic nitrogens is 1. The highest BCUT2D eigenvalue weighted by Gasteiger charge is 2.36. The maximum absolute atomic E-state index is 14.3. The first-order valence-electron chi connectivity index (χ1n) is 13.9. The Hall–Kier alpha value is -4.52. The van der Waals surface area contributed by atoms with E-state index in [4.69, 9.17) is 4.74 Å². The van der Waals surface area contributed by atoms with Gasteiger partial charge in [0, 0.05) is 18.4 Å². The summed E-state index contributed by atoms with van der Waals surface area (Å²) in [7, 11) is 0. The minimum Gasteiger partial charge on any atom is -0.494 e. The number of benzene rings is 3. The molecule has 5 rings (SSSR count). The number of para-hydroxylation sites is 2. The van der Waals surface area contributed by atoms with Gasteiger partial charge in [-0.1, -0.05) is 55.3 Å². The third-order valence-corrected chi connectivity index (χ3v) is 7.19. The van der Waals surface area contributed by atoms with Crippen LogP contribution in [0.25, 0.3) is 5.69 Å². The number of nitrogens with zero attached hydrogens (tertiary/aromatic N) is 3. The number of fused-ring (bicyclic) bond motifs is 3. The van der Waals surface area contributed by atoms with Gasteiger partial charge >= 0.3 is 6.03 Å². The zero-order valence-corrected chi connectivity index (χ0v) is 23.3. The SMILES string of the molecule is CCCCN(CC(=O)N1c2ccccc2-n2cccc2C1c1ccc(C)cc1)C(=O)Nc1ccc(OCC)cc1. The third kappa shape index (κ3) is 5.59. The zero-order valence-electron chi connectivity index (χ0n) is 23.3. The van der Waals surface area contributed by atoms with Gasteiger partial charge in [-0.3, -0.25) is 9.69 Å². The van der Waals surface area contributed by atoms with E-state index in [2.05, 4.69) is 54.1 Å². The average Bonchev–Trinajstić information content (AvgIpc) is 3.46. The molecule has 3 amide bonds. The van der Waals surface area contributed by atoms with Crippen LogP contribution in [-0.4, -0.2) is 41.1 Å². The average molecular weight is 537 g/mol. The summed E-state index contributed by atoms with van der Waals surface area (Å²) in [5.41, 5.74) is 5.61. The quantitative estimate of drug-likeness (QED) is 0.252. The Bertz CT molecular complexity index is 1460. The molecule has 7 heteroatoms. The highest BCUT2D eigenvalue weighted by molar-refractivity contribution is 6.01. The lowest BCUT2D eigenvalue weighted by atomic mass is 9.97. The van der Waals surface area contributed by atoms with Crippen molar-refractivity contribution in [2.24, 2.45) is 0 Å². The number of hydrogen-bond acceptors (Lipinski definition) is 3. The zero-order chi connectivity index (χ0) is 28.1. The van der Waals surface area contributed by atoms with Gasteiger partial charge in [0.25, 0.3) is 0 Å². The van der Waals surface area contributed by atoms with Crippen LogP contribution in [0.2, 0.25) is 0 Å². The Morgan fingerprint density at radius 3 is 2.33 bits per heavy atom. The molecule has 7 nitrogen and oxygen atoms in total. The van der Waals surface area contributed by atoms with Crippen LogP contribution in [0.5, 0.6) is 5.75 Å². The van der Waals surface area contributed by atoms with Gasteiger partial charge in [-0.2, -0.15) is 0 Å². The topological polar surface area (TPSA) is 66.8 Å². The normalized spacial score (nSPS) is 13.8. The van der Waals surface area contributed by atoms with Gasteiger partial charge in [-0.05, 0) is 74.4 Å². The van der Waals surface area contributed by atoms with Gasteiger partial charge in [0.1, 0.15) is 18.3 Å². The molecule has 1 atom stereocenters. The van der Waals surface area contributed by atoms with E-state index in [0.29, 0.717) is 18.8 Å². The molecule has 1 unspecified atom stereocenters. The number of unbranched alkanes of at least 4 members (excludes halogenated alkanes) is 1. The predicted molar refractivity (Wildman–Crippen MR) is 159 cm³/mol. The van der Waals surface area contributed by atoms with E-state index >= 15 is 0 Å². The van der Waals surface area contributed by atoms with Crippen LogP contribution in [0.4, 0.5) is 16.2 Å². The lowest BCUT2D eigenvalue weighted by Crippen LogP contribution is -2.48. The summed E-state index contributed by atoms with van der Waals surface area (Å²) in [6.07, 6.45) is 3.74. The summed E-state index contributed by atoms with van der Waals surface area (Å²) < 4.78 is 7.66. The number of carbonyl (C=O) groups excluding carboxylic acids is 2. The molecule has 0 spiro atoms. The van der Waals surface area contributed by atoms with Gasteiger partial charge in [-0.15, -0.1) is 0 Å². The van der Waals surface area contributed by atoms with Crippen molar-refractivity contribution in [3.63, 3.8) is 0 Å². The minimum absolute atomic E-state index is 0.0414. The summed E-state index contributed by atoms with van der Waals surface area (Å²) >= 11 is 0. The fourth-order valence-corrected chi connectivity index (χ4v) is 5.17. The van der Waals surface area contributed by atoms with Crippen LogP contribution in [0.3, 0.4) is 0 Å². The van der Waals surface area contributed by atoms with Crippen molar-refractivity contribution in [3.8, 4) is 11.4 Å². The molecule has 0 radical (unpaired) electrons. The fourth-order valence-electron chi connectivity index (χ4n) is 5.17. The molecule has 4 aromatic rings. The highest BCUT2D eigenvalue weighted by Crippen LogP contribution is 2.42. The van der Waals surface area contributed by atoms with Crippen LogP contribution < -0.4 is 15.0 Å². The number of hydrogen-bond donors (Lipinski definition) is 1. The number of ether oxygens (including phenoxy) is 1. The first-order valence-corrected chi connectivity index (χ1v) is 13.9. The summed E-state index contributed by atoms with van der Waals surface area (Å²) in [6, 6.07) is 27.0. The van der Waals surface area contributed by atoms with E-state index < -0.39 is 0 Å². The molecular weight excluding hydrogens is 500 g/mol. The van der Waals surface area contributed by atoms with E-state index in [1.54, 1.807) is 4.90 Å². The highest BCUT2D eigenvalue weighted by atomic mass is 16.5. The second-order valence-electron chi connectivity index (χ2n) is 10.0. The smallest absolute Gasteiger partial charge is 0.322 e. The molecule has 0 aliphatic carbocycles. The van der Waals surface area contributed by atoms with E-state index in [0.717, 1.165) is 46.8 Å². The Morgan fingerprint density at radius 2 is 1.62 bits per heavy atom. The van der Waals surface area contributed by atoms with Gasteiger partial charge < -0.3 is 19.5 Å². The monoisotopic (exact) mass is 536 g/mol. The number of nitrogens with one attached hydrogen (secondary N) is 1. The molecule has 1 N–H and O–H groups in total. The Balaban J connectivity index is 1.46. The Labute approximate surface area is 236 Å². The Kier molecular flexibility index (Phi) is 8.20. The molecule has 0 saturated heterocycles. The lowest BCUT2D eigenvalue weighted by Gasteiger charge is -2.39.